The van der Waals surface area contributed by atoms with Gasteiger partial charge in [0.2, 0.25) is 0 Å². The number of hydrogen-bond donors (Lipinski definition) is 1. The fourth-order valence-electron chi connectivity index (χ4n) is 2.97. The van der Waals surface area contributed by atoms with Crippen LogP contribution >= 0.6 is 0 Å². The first-order chi connectivity index (χ1) is 8.16. The maximum absolute atomic E-state index is 11.3. The average molecular weight is 241 g/mol. The molecule has 2 rings (SSSR count). The number of carboxylic acids is 1. The molecule has 0 radical (unpaired) electrons. The predicted octanol–water partition coefficient (Wildman–Crippen LogP) is 1.74. The van der Waals surface area contributed by atoms with Crippen molar-refractivity contribution in [2.75, 3.05) is 26.2 Å². The number of carbonyl (C=O) groups is 1. The molecule has 0 aromatic carbocycles. The molecule has 1 N–H and O–H groups in total. The van der Waals surface area contributed by atoms with Crippen molar-refractivity contribution in [2.45, 2.75) is 45.1 Å². The van der Waals surface area contributed by atoms with E-state index in [1.807, 2.05) is 6.92 Å². The minimum absolute atomic E-state index is 0.324. The van der Waals surface area contributed by atoms with Crippen LogP contribution in [0.25, 0.3) is 0 Å². The Morgan fingerprint density at radius 2 is 2.35 bits per heavy atom. The molecule has 0 saturated carbocycles. The summed E-state index contributed by atoms with van der Waals surface area (Å²) in [6.45, 7) is 5.36. The quantitative estimate of drug-likeness (QED) is 0.814. The van der Waals surface area contributed by atoms with Gasteiger partial charge in [0.1, 0.15) is 0 Å². The van der Waals surface area contributed by atoms with Gasteiger partial charge in [-0.3, -0.25) is 9.69 Å². The molecule has 2 unspecified atom stereocenters. The van der Waals surface area contributed by atoms with E-state index in [0.717, 1.165) is 39.0 Å². The number of carboxylic acid groups (broad SMARTS) is 1. The van der Waals surface area contributed by atoms with Gasteiger partial charge in [0.05, 0.1) is 11.5 Å². The summed E-state index contributed by atoms with van der Waals surface area (Å²) >= 11 is 0. The van der Waals surface area contributed by atoms with Crippen LogP contribution in [-0.2, 0) is 9.53 Å². The zero-order chi connectivity index (χ0) is 12.3. The lowest BCUT2D eigenvalue weighted by atomic mass is 9.84. The van der Waals surface area contributed by atoms with Crippen LogP contribution < -0.4 is 0 Å². The molecule has 0 amide bonds. The minimum atomic E-state index is -0.632. The zero-order valence-electron chi connectivity index (χ0n) is 10.7. The number of hydrogen-bond acceptors (Lipinski definition) is 3. The molecular weight excluding hydrogens is 218 g/mol. The van der Waals surface area contributed by atoms with E-state index in [9.17, 15) is 9.90 Å². The molecule has 2 heterocycles. The number of likely N-dealkylation sites (tertiary alicyclic amines) is 1. The standard InChI is InChI=1S/C13H23NO3/c1-2-13(12(15)16)6-7-14(10-13)9-11-5-3-4-8-17-11/h11H,2-10H2,1H3,(H,15,16). The van der Waals surface area contributed by atoms with Gasteiger partial charge in [0, 0.05) is 19.7 Å². The third-order valence-electron chi connectivity index (χ3n) is 4.30. The highest BCUT2D eigenvalue weighted by Crippen LogP contribution is 2.34. The summed E-state index contributed by atoms with van der Waals surface area (Å²) < 4.78 is 5.71. The summed E-state index contributed by atoms with van der Waals surface area (Å²) in [6.07, 6.45) is 5.38. The third kappa shape index (κ3) is 2.80. The molecule has 2 fully saturated rings. The normalized spacial score (nSPS) is 35.0. The van der Waals surface area contributed by atoms with Gasteiger partial charge < -0.3 is 9.84 Å². The van der Waals surface area contributed by atoms with E-state index in [1.165, 1.54) is 12.8 Å². The largest absolute Gasteiger partial charge is 0.481 e. The summed E-state index contributed by atoms with van der Waals surface area (Å²) in [5.41, 5.74) is -0.505. The molecule has 0 aromatic rings. The van der Waals surface area contributed by atoms with Gasteiger partial charge in [0.25, 0.3) is 0 Å². The Hall–Kier alpha value is -0.610. The Morgan fingerprint density at radius 3 is 2.88 bits per heavy atom. The SMILES string of the molecule is CCC1(C(=O)O)CCN(CC2CCCCO2)C1. The van der Waals surface area contributed by atoms with Crippen LogP contribution in [0.3, 0.4) is 0 Å². The Balaban J connectivity index is 1.86. The van der Waals surface area contributed by atoms with Gasteiger partial charge in [-0.2, -0.15) is 0 Å². The number of rotatable bonds is 4. The average Bonchev–Trinajstić information content (AvgIpc) is 2.75. The molecule has 2 saturated heterocycles. The van der Waals surface area contributed by atoms with Crippen molar-refractivity contribution in [1.29, 1.82) is 0 Å². The first-order valence-electron chi connectivity index (χ1n) is 6.74. The van der Waals surface area contributed by atoms with Crippen molar-refractivity contribution in [3.8, 4) is 0 Å². The maximum Gasteiger partial charge on any atom is 0.310 e. The smallest absolute Gasteiger partial charge is 0.310 e. The Bertz CT molecular complexity index is 276. The summed E-state index contributed by atoms with van der Waals surface area (Å²) in [5.74, 6) is -0.632. The van der Waals surface area contributed by atoms with E-state index in [4.69, 9.17) is 4.74 Å². The van der Waals surface area contributed by atoms with Crippen LogP contribution in [0.5, 0.6) is 0 Å². The fourth-order valence-corrected chi connectivity index (χ4v) is 2.97. The first-order valence-corrected chi connectivity index (χ1v) is 6.74. The Kier molecular flexibility index (Phi) is 4.05. The van der Waals surface area contributed by atoms with E-state index in [-0.39, 0.29) is 0 Å². The first kappa shape index (κ1) is 12.8. The zero-order valence-corrected chi connectivity index (χ0v) is 10.7. The lowest BCUT2D eigenvalue weighted by molar-refractivity contribution is -0.148. The molecule has 98 valence electrons. The van der Waals surface area contributed by atoms with Gasteiger partial charge in [-0.1, -0.05) is 6.92 Å². The van der Waals surface area contributed by atoms with Gasteiger partial charge in [-0.15, -0.1) is 0 Å². The highest BCUT2D eigenvalue weighted by Gasteiger charge is 2.43. The topological polar surface area (TPSA) is 49.8 Å². The molecule has 0 aliphatic carbocycles. The second kappa shape index (κ2) is 5.36. The molecule has 2 atom stereocenters. The maximum atomic E-state index is 11.3. The van der Waals surface area contributed by atoms with Crippen molar-refractivity contribution < 1.29 is 14.6 Å². The van der Waals surface area contributed by atoms with Gasteiger partial charge in [-0.05, 0) is 38.6 Å². The summed E-state index contributed by atoms with van der Waals surface area (Å²) in [6, 6.07) is 0. The second-order valence-electron chi connectivity index (χ2n) is 5.41. The van der Waals surface area contributed by atoms with Gasteiger partial charge >= 0.3 is 5.97 Å². The van der Waals surface area contributed by atoms with Crippen molar-refractivity contribution in [3.05, 3.63) is 0 Å². The number of ether oxygens (including phenoxy) is 1. The number of nitrogens with zero attached hydrogens (tertiary/aromatic N) is 1. The molecule has 17 heavy (non-hydrogen) atoms. The molecule has 2 aliphatic rings. The van der Waals surface area contributed by atoms with Crippen molar-refractivity contribution >= 4 is 5.97 Å². The van der Waals surface area contributed by atoms with E-state index in [2.05, 4.69) is 4.90 Å². The van der Waals surface area contributed by atoms with Crippen LogP contribution in [0, 0.1) is 5.41 Å². The molecular formula is C13H23NO3. The van der Waals surface area contributed by atoms with Crippen LogP contribution in [0.1, 0.15) is 39.0 Å². The fraction of sp³-hybridized carbons (Fsp3) is 0.923. The molecule has 0 spiro atoms. The molecule has 0 aromatic heterocycles. The van der Waals surface area contributed by atoms with E-state index in [1.54, 1.807) is 0 Å². The molecule has 2 aliphatic heterocycles. The predicted molar refractivity (Wildman–Crippen MR) is 65.0 cm³/mol. The number of aliphatic carboxylic acids is 1. The van der Waals surface area contributed by atoms with Crippen LogP contribution in [0.15, 0.2) is 0 Å². The monoisotopic (exact) mass is 241 g/mol. The Labute approximate surface area is 103 Å². The van der Waals surface area contributed by atoms with E-state index < -0.39 is 11.4 Å². The van der Waals surface area contributed by atoms with Crippen molar-refractivity contribution in [3.63, 3.8) is 0 Å². The summed E-state index contributed by atoms with van der Waals surface area (Å²) in [5, 5.41) is 9.33. The molecule has 0 bridgehead atoms. The summed E-state index contributed by atoms with van der Waals surface area (Å²) in [7, 11) is 0. The lowest BCUT2D eigenvalue weighted by Crippen LogP contribution is -2.38. The van der Waals surface area contributed by atoms with Crippen molar-refractivity contribution in [1.82, 2.24) is 4.90 Å². The highest BCUT2D eigenvalue weighted by molar-refractivity contribution is 5.75. The van der Waals surface area contributed by atoms with Crippen molar-refractivity contribution in [2.24, 2.45) is 5.41 Å². The van der Waals surface area contributed by atoms with Gasteiger partial charge in [0.15, 0.2) is 0 Å². The minimum Gasteiger partial charge on any atom is -0.481 e. The second-order valence-corrected chi connectivity index (χ2v) is 5.41. The van der Waals surface area contributed by atoms with E-state index >= 15 is 0 Å². The van der Waals surface area contributed by atoms with E-state index in [0.29, 0.717) is 12.6 Å². The van der Waals surface area contributed by atoms with Crippen LogP contribution in [-0.4, -0.2) is 48.3 Å². The highest BCUT2D eigenvalue weighted by atomic mass is 16.5. The Morgan fingerprint density at radius 1 is 1.53 bits per heavy atom. The third-order valence-corrected chi connectivity index (χ3v) is 4.30. The molecule has 4 heteroatoms. The van der Waals surface area contributed by atoms with Gasteiger partial charge in [-0.25, -0.2) is 0 Å². The lowest BCUT2D eigenvalue weighted by Gasteiger charge is -2.28. The van der Waals surface area contributed by atoms with Crippen LogP contribution in [0.2, 0.25) is 0 Å². The molecule has 4 nitrogen and oxygen atoms in total. The summed E-state index contributed by atoms with van der Waals surface area (Å²) in [4.78, 5) is 13.6. The van der Waals surface area contributed by atoms with Crippen LogP contribution in [0.4, 0.5) is 0 Å².